The molecule has 40 heavy (non-hydrogen) atoms. The molecule has 2 aromatic heterocycles. The van der Waals surface area contributed by atoms with Gasteiger partial charge in [0.25, 0.3) is 5.56 Å². The molecule has 0 amide bonds. The van der Waals surface area contributed by atoms with Gasteiger partial charge in [0.1, 0.15) is 12.4 Å². The van der Waals surface area contributed by atoms with E-state index in [0.717, 1.165) is 28.6 Å². The van der Waals surface area contributed by atoms with E-state index in [2.05, 4.69) is 19.2 Å². The molecule has 0 saturated carbocycles. The summed E-state index contributed by atoms with van der Waals surface area (Å²) in [7, 11) is -2.20. The molecule has 5 rings (SSSR count). The number of nitriles is 1. The molecular formula is C29H32N4O6Si. The van der Waals surface area contributed by atoms with Gasteiger partial charge in [0.15, 0.2) is 0 Å². The van der Waals surface area contributed by atoms with Crippen molar-refractivity contribution in [3.05, 3.63) is 51.3 Å². The molecule has 3 N–H and O–H groups in total. The van der Waals surface area contributed by atoms with E-state index in [1.165, 1.54) is 0 Å². The highest BCUT2D eigenvalue weighted by molar-refractivity contribution is 6.91. The molecule has 208 valence electrons. The number of carbonyl (C=O) groups excluding carboxylic acids is 2. The van der Waals surface area contributed by atoms with Crippen molar-refractivity contribution < 1.29 is 24.2 Å². The molecule has 0 aliphatic carbocycles. The summed E-state index contributed by atoms with van der Waals surface area (Å²) in [5.41, 5.74) is 6.80. The van der Waals surface area contributed by atoms with E-state index in [1.54, 1.807) is 35.8 Å². The number of cyclic esters (lactones) is 1. The second-order valence-electron chi connectivity index (χ2n) is 11.0. The van der Waals surface area contributed by atoms with Gasteiger partial charge in [0.05, 0.1) is 49.6 Å². The Labute approximate surface area is 232 Å². The molecule has 0 saturated heterocycles. The van der Waals surface area contributed by atoms with E-state index in [1.807, 2.05) is 0 Å². The van der Waals surface area contributed by atoms with Crippen LogP contribution in [0.5, 0.6) is 5.75 Å². The number of ether oxygens (including phenoxy) is 2. The monoisotopic (exact) mass is 560 g/mol. The van der Waals surface area contributed by atoms with Crippen molar-refractivity contribution in [1.82, 2.24) is 9.55 Å². The van der Waals surface area contributed by atoms with Crippen LogP contribution in [0.1, 0.15) is 49.3 Å². The first-order chi connectivity index (χ1) is 19.1. The van der Waals surface area contributed by atoms with Crippen molar-refractivity contribution in [2.75, 3.05) is 6.54 Å². The van der Waals surface area contributed by atoms with Gasteiger partial charge in [0.2, 0.25) is 5.60 Å². The fraction of sp³-hybridized carbons (Fsp3) is 0.414. The van der Waals surface area contributed by atoms with Crippen molar-refractivity contribution >= 4 is 36.1 Å². The highest BCUT2D eigenvalue weighted by Crippen LogP contribution is 2.41. The number of phenolic OH excluding ortho intramolecular Hbond substituents is 1. The zero-order chi connectivity index (χ0) is 28.8. The van der Waals surface area contributed by atoms with Gasteiger partial charge in [-0.2, -0.15) is 5.26 Å². The molecule has 0 radical (unpaired) electrons. The zero-order valence-corrected chi connectivity index (χ0v) is 23.9. The van der Waals surface area contributed by atoms with Crippen molar-refractivity contribution in [2.45, 2.75) is 70.5 Å². The van der Waals surface area contributed by atoms with Gasteiger partial charge in [-0.1, -0.05) is 26.1 Å². The summed E-state index contributed by atoms with van der Waals surface area (Å²) in [6, 6.07) is 9.88. The summed E-state index contributed by atoms with van der Waals surface area (Å²) in [4.78, 5) is 44.5. The van der Waals surface area contributed by atoms with E-state index in [9.17, 15) is 19.5 Å². The van der Waals surface area contributed by atoms with Gasteiger partial charge >= 0.3 is 11.9 Å². The Hall–Kier alpha value is -4.01. The Kier molecular flexibility index (Phi) is 7.02. The Morgan fingerprint density at radius 2 is 2.08 bits per heavy atom. The number of nitrogens with zero attached hydrogens (tertiary/aromatic N) is 3. The van der Waals surface area contributed by atoms with Gasteiger partial charge in [-0.25, -0.2) is 9.78 Å². The summed E-state index contributed by atoms with van der Waals surface area (Å²) in [6.07, 6.45) is 1.21. The number of benzene rings is 1. The van der Waals surface area contributed by atoms with Crippen molar-refractivity contribution in [2.24, 2.45) is 5.73 Å². The molecule has 1 unspecified atom stereocenters. The largest absolute Gasteiger partial charge is 0.508 e. The number of esters is 2. The van der Waals surface area contributed by atoms with Gasteiger partial charge in [0, 0.05) is 23.9 Å². The summed E-state index contributed by atoms with van der Waals surface area (Å²) in [6.45, 7) is 6.28. The van der Waals surface area contributed by atoms with Crippen LogP contribution < -0.4 is 16.5 Å². The van der Waals surface area contributed by atoms with Crippen LogP contribution in [0.15, 0.2) is 29.1 Å². The van der Waals surface area contributed by atoms with Crippen LogP contribution in [0, 0.1) is 11.3 Å². The van der Waals surface area contributed by atoms with Gasteiger partial charge in [-0.05, 0) is 47.9 Å². The minimum absolute atomic E-state index is 0.0596. The normalized spacial score (nSPS) is 17.5. The Balaban J connectivity index is 1.76. The Morgan fingerprint density at radius 1 is 1.30 bits per heavy atom. The standard InChI is InChI=1S/C29H32N4O6Si/c1-4-29(39-24(35)9-11-31)21-14-23-25-19(15-33(23)27(36)20(21)16-38-28(29)37)26(40(2,3)12-6-5-10-30)18-13-17(34)7-8-22(18)32-25/h7-8,13-14,34H,4-6,9,11-12,15-16,31H2,1-3H3. The lowest BCUT2D eigenvalue weighted by Crippen LogP contribution is -2.47. The second-order valence-corrected chi connectivity index (χ2v) is 15.8. The molecule has 10 nitrogen and oxygen atoms in total. The third kappa shape index (κ3) is 4.28. The molecule has 3 aromatic rings. The molecule has 4 heterocycles. The lowest BCUT2D eigenvalue weighted by molar-refractivity contribution is -0.189. The number of carbonyl (C=O) groups is 2. The zero-order valence-electron chi connectivity index (χ0n) is 22.9. The molecule has 0 fully saturated rings. The maximum atomic E-state index is 13.9. The first-order valence-electron chi connectivity index (χ1n) is 13.5. The van der Waals surface area contributed by atoms with Gasteiger partial charge in [-0.15, -0.1) is 0 Å². The van der Waals surface area contributed by atoms with Crippen LogP contribution >= 0.6 is 0 Å². The molecule has 0 spiro atoms. The highest BCUT2D eigenvalue weighted by atomic mass is 28.3. The van der Waals surface area contributed by atoms with Crippen LogP contribution in [0.4, 0.5) is 0 Å². The lowest BCUT2D eigenvalue weighted by atomic mass is 9.85. The van der Waals surface area contributed by atoms with E-state index < -0.39 is 25.6 Å². The quantitative estimate of drug-likeness (QED) is 0.188. The maximum absolute atomic E-state index is 13.9. The number of aromatic hydroxyl groups is 1. The predicted octanol–water partition coefficient (Wildman–Crippen LogP) is 2.90. The molecule has 11 heteroatoms. The molecule has 2 aliphatic heterocycles. The Morgan fingerprint density at radius 3 is 2.77 bits per heavy atom. The van der Waals surface area contributed by atoms with Crippen LogP contribution in [-0.2, 0) is 37.8 Å². The lowest BCUT2D eigenvalue weighted by Gasteiger charge is -2.35. The number of nitrogens with two attached hydrogens (primary N) is 1. The average Bonchev–Trinajstić information content (AvgIpc) is 3.27. The molecule has 1 aromatic carbocycles. The van der Waals surface area contributed by atoms with Crippen molar-refractivity contribution in [3.8, 4) is 23.2 Å². The Bertz CT molecular complexity index is 1660. The number of hydrogen-bond acceptors (Lipinski definition) is 9. The van der Waals surface area contributed by atoms with Gasteiger partial charge in [-0.3, -0.25) is 9.59 Å². The summed E-state index contributed by atoms with van der Waals surface area (Å²) >= 11 is 0. The minimum atomic E-state index is -2.20. The first-order valence-corrected chi connectivity index (χ1v) is 16.7. The fourth-order valence-corrected chi connectivity index (χ4v) is 9.35. The molecule has 1 atom stereocenters. The van der Waals surface area contributed by atoms with E-state index in [4.69, 9.17) is 25.5 Å². The third-order valence-corrected chi connectivity index (χ3v) is 11.6. The van der Waals surface area contributed by atoms with Crippen molar-refractivity contribution in [3.63, 3.8) is 0 Å². The number of unbranched alkanes of at least 4 members (excludes halogenated alkanes) is 1. The number of pyridine rings is 2. The first kappa shape index (κ1) is 27.5. The third-order valence-electron chi connectivity index (χ3n) is 8.04. The van der Waals surface area contributed by atoms with Crippen LogP contribution in [0.25, 0.3) is 22.3 Å². The van der Waals surface area contributed by atoms with Crippen LogP contribution in [-0.4, -0.2) is 41.2 Å². The average molecular weight is 561 g/mol. The molecule has 0 bridgehead atoms. The molecular weight excluding hydrogens is 528 g/mol. The smallest absolute Gasteiger partial charge is 0.355 e. The molecule has 2 aliphatic rings. The number of rotatable bonds is 8. The fourth-order valence-electron chi connectivity index (χ4n) is 6.10. The van der Waals surface area contributed by atoms with E-state index in [0.29, 0.717) is 28.9 Å². The number of fused-ring (bicyclic) bond motifs is 5. The predicted molar refractivity (Wildman–Crippen MR) is 151 cm³/mol. The minimum Gasteiger partial charge on any atom is -0.508 e. The summed E-state index contributed by atoms with van der Waals surface area (Å²) in [5, 5.41) is 21.4. The number of hydrogen-bond donors (Lipinski definition) is 2. The topological polar surface area (TPSA) is 158 Å². The van der Waals surface area contributed by atoms with Crippen LogP contribution in [0.2, 0.25) is 19.1 Å². The highest BCUT2D eigenvalue weighted by Gasteiger charge is 2.50. The van der Waals surface area contributed by atoms with Crippen molar-refractivity contribution in [1.29, 1.82) is 5.26 Å². The number of aromatic nitrogens is 2. The van der Waals surface area contributed by atoms with Crippen LogP contribution in [0.3, 0.4) is 0 Å². The second kappa shape index (κ2) is 10.2. The number of phenols is 1. The summed E-state index contributed by atoms with van der Waals surface area (Å²) < 4.78 is 12.7. The van der Waals surface area contributed by atoms with E-state index in [-0.39, 0.29) is 49.4 Å². The maximum Gasteiger partial charge on any atom is 0.355 e. The summed E-state index contributed by atoms with van der Waals surface area (Å²) in [5.74, 6) is -1.24. The SMILES string of the molecule is CCC1(OC(=O)CCN)C(=O)OCc2c1cc1n(c2=O)Cc2c-1nc1ccc(O)cc1c2[Si](C)(C)CCCC#N. The van der Waals surface area contributed by atoms with E-state index >= 15 is 0 Å². The van der Waals surface area contributed by atoms with Gasteiger partial charge < -0.3 is 24.9 Å².